The molecule has 0 saturated carbocycles. The van der Waals surface area contributed by atoms with E-state index in [9.17, 15) is 10.1 Å². The van der Waals surface area contributed by atoms with Crippen LogP contribution in [0.5, 0.6) is 6.01 Å². The normalized spacial score (nSPS) is 25.2. The summed E-state index contributed by atoms with van der Waals surface area (Å²) in [4.78, 5) is 22.1. The third-order valence-electron chi connectivity index (χ3n) is 7.11. The van der Waals surface area contributed by atoms with Crippen molar-refractivity contribution in [1.29, 1.82) is 0 Å². The average Bonchev–Trinajstić information content (AvgIpc) is 3.32. The fraction of sp³-hybridized carbons (Fsp3) is 0.609. The molecule has 0 bridgehead atoms. The van der Waals surface area contributed by atoms with Gasteiger partial charge < -0.3 is 14.9 Å². The van der Waals surface area contributed by atoms with E-state index in [4.69, 9.17) is 16.3 Å². The highest BCUT2D eigenvalue weighted by molar-refractivity contribution is 6.30. The number of nitro groups is 1. The molecular formula is C23H31ClN6O3. The monoisotopic (exact) mass is 474 g/mol. The first-order valence-corrected chi connectivity index (χ1v) is 12.1. The number of piperazine rings is 1. The Morgan fingerprint density at radius 3 is 2.45 bits per heavy atom. The number of aromatic nitrogens is 2. The lowest BCUT2D eigenvalue weighted by molar-refractivity contribution is -0.389. The number of hydrogen-bond acceptors (Lipinski definition) is 7. The van der Waals surface area contributed by atoms with Gasteiger partial charge in [-0.15, -0.1) is 0 Å². The fourth-order valence-corrected chi connectivity index (χ4v) is 5.54. The van der Waals surface area contributed by atoms with Gasteiger partial charge >= 0.3 is 11.8 Å². The number of benzene rings is 1. The molecule has 2 saturated heterocycles. The van der Waals surface area contributed by atoms with E-state index in [1.165, 1.54) is 24.6 Å². The maximum Gasteiger partial charge on any atom is 0.415 e. The lowest BCUT2D eigenvalue weighted by atomic mass is 9.99. The molecule has 33 heavy (non-hydrogen) atoms. The molecule has 3 aliphatic rings. The number of imidazole rings is 1. The van der Waals surface area contributed by atoms with Gasteiger partial charge in [-0.1, -0.05) is 23.7 Å². The number of halogens is 1. The van der Waals surface area contributed by atoms with Crippen molar-refractivity contribution in [2.45, 2.75) is 44.5 Å². The third kappa shape index (κ3) is 5.16. The maximum atomic E-state index is 10.9. The van der Waals surface area contributed by atoms with Crippen LogP contribution in [0.4, 0.5) is 5.82 Å². The Hall–Kier alpha value is -2.20. The molecule has 5 rings (SSSR count). The van der Waals surface area contributed by atoms with Gasteiger partial charge in [-0.25, -0.2) is 0 Å². The summed E-state index contributed by atoms with van der Waals surface area (Å²) in [7, 11) is 0. The van der Waals surface area contributed by atoms with E-state index in [2.05, 4.69) is 38.7 Å². The number of hydrogen-bond donors (Lipinski definition) is 0. The van der Waals surface area contributed by atoms with Crippen molar-refractivity contribution in [3.05, 3.63) is 51.2 Å². The van der Waals surface area contributed by atoms with Crippen LogP contribution in [0.25, 0.3) is 0 Å². The zero-order valence-electron chi connectivity index (χ0n) is 19.0. The maximum absolute atomic E-state index is 10.9. The van der Waals surface area contributed by atoms with Gasteiger partial charge in [0.1, 0.15) is 11.8 Å². The van der Waals surface area contributed by atoms with Crippen LogP contribution in [0.15, 0.2) is 30.5 Å². The second-order valence-corrected chi connectivity index (χ2v) is 10.2. The molecule has 1 aromatic heterocycles. The van der Waals surface area contributed by atoms with Gasteiger partial charge in [0.25, 0.3) is 0 Å². The lowest BCUT2D eigenvalue weighted by Crippen LogP contribution is -2.54. The standard InChI is InChI=1S/C23H31ClN6O3/c1-23(17-29-15-21(30(31)32)25-22(29)33-23)16-27-8-6-20(7-9-27)28-12-10-26(11-13-28)14-18-2-4-19(24)5-3-18/h2-5,15,20H,6-14,16-17H2,1H3. The first-order valence-electron chi connectivity index (χ1n) is 11.7. The lowest BCUT2D eigenvalue weighted by Gasteiger charge is -2.43. The molecule has 9 nitrogen and oxygen atoms in total. The van der Waals surface area contributed by atoms with E-state index in [1.54, 1.807) is 4.57 Å². The SMILES string of the molecule is CC1(CN2CCC(N3CCN(Cc4ccc(Cl)cc4)CC3)CC2)Cn2cc([N+](=O)[O-])nc2O1. The van der Waals surface area contributed by atoms with Crippen molar-refractivity contribution < 1.29 is 9.66 Å². The highest BCUT2D eigenvalue weighted by atomic mass is 35.5. The minimum Gasteiger partial charge on any atom is -0.436 e. The third-order valence-corrected chi connectivity index (χ3v) is 7.37. The number of fused-ring (bicyclic) bond motifs is 1. The van der Waals surface area contributed by atoms with Crippen LogP contribution in [-0.4, -0.2) is 86.6 Å². The van der Waals surface area contributed by atoms with Crippen molar-refractivity contribution in [2.24, 2.45) is 0 Å². The van der Waals surface area contributed by atoms with Crippen molar-refractivity contribution >= 4 is 17.4 Å². The number of piperidine rings is 1. The van der Waals surface area contributed by atoms with E-state index in [1.807, 2.05) is 12.1 Å². The number of ether oxygens (including phenoxy) is 1. The molecule has 1 unspecified atom stereocenters. The van der Waals surface area contributed by atoms with E-state index in [0.29, 0.717) is 18.6 Å². The smallest absolute Gasteiger partial charge is 0.415 e. The van der Waals surface area contributed by atoms with Crippen molar-refractivity contribution in [3.63, 3.8) is 0 Å². The van der Waals surface area contributed by atoms with Gasteiger partial charge in [0.05, 0.1) is 6.54 Å². The number of rotatable bonds is 6. The summed E-state index contributed by atoms with van der Waals surface area (Å²) >= 11 is 6.00. The molecule has 178 valence electrons. The minimum absolute atomic E-state index is 0.152. The summed E-state index contributed by atoms with van der Waals surface area (Å²) in [6.45, 7) is 11.0. The summed E-state index contributed by atoms with van der Waals surface area (Å²) < 4.78 is 7.78. The highest BCUT2D eigenvalue weighted by Crippen LogP contribution is 2.32. The molecule has 0 amide bonds. The first kappa shape index (κ1) is 22.6. The molecule has 3 aliphatic heterocycles. The second kappa shape index (κ2) is 9.21. The van der Waals surface area contributed by atoms with Crippen LogP contribution in [0.1, 0.15) is 25.3 Å². The van der Waals surface area contributed by atoms with Crippen molar-refractivity contribution in [1.82, 2.24) is 24.3 Å². The van der Waals surface area contributed by atoms with Crippen LogP contribution in [-0.2, 0) is 13.1 Å². The topological polar surface area (TPSA) is 79.9 Å². The molecule has 0 spiro atoms. The van der Waals surface area contributed by atoms with Crippen LogP contribution < -0.4 is 4.74 Å². The van der Waals surface area contributed by atoms with Gasteiger partial charge in [-0.05, 0) is 55.5 Å². The largest absolute Gasteiger partial charge is 0.436 e. The molecule has 1 aromatic carbocycles. The Morgan fingerprint density at radius 2 is 1.82 bits per heavy atom. The molecule has 2 aromatic rings. The van der Waals surface area contributed by atoms with Gasteiger partial charge in [0.15, 0.2) is 0 Å². The Bertz CT molecular complexity index is 957. The van der Waals surface area contributed by atoms with Crippen LogP contribution >= 0.6 is 11.6 Å². The molecule has 0 aliphatic carbocycles. The van der Waals surface area contributed by atoms with Crippen molar-refractivity contribution in [3.8, 4) is 6.01 Å². The zero-order chi connectivity index (χ0) is 23.0. The Morgan fingerprint density at radius 1 is 1.12 bits per heavy atom. The summed E-state index contributed by atoms with van der Waals surface area (Å²) in [6.07, 6.45) is 3.81. The average molecular weight is 475 g/mol. The summed E-state index contributed by atoms with van der Waals surface area (Å²) in [5.41, 5.74) is 0.928. The Kier molecular flexibility index (Phi) is 6.30. The predicted octanol–water partition coefficient (Wildman–Crippen LogP) is 2.88. The molecule has 10 heteroatoms. The number of likely N-dealkylation sites (tertiary alicyclic amines) is 1. The van der Waals surface area contributed by atoms with E-state index >= 15 is 0 Å². The highest BCUT2D eigenvalue weighted by Gasteiger charge is 2.42. The summed E-state index contributed by atoms with van der Waals surface area (Å²) in [5.74, 6) is -0.152. The Balaban J connectivity index is 1.05. The van der Waals surface area contributed by atoms with Crippen molar-refractivity contribution in [2.75, 3.05) is 45.8 Å². The number of nitrogens with zero attached hydrogens (tertiary/aromatic N) is 6. The molecular weight excluding hydrogens is 444 g/mol. The summed E-state index contributed by atoms with van der Waals surface area (Å²) in [5, 5.41) is 11.7. The molecule has 0 N–H and O–H groups in total. The van der Waals surface area contributed by atoms with Gasteiger partial charge in [0, 0.05) is 55.3 Å². The van der Waals surface area contributed by atoms with Gasteiger partial charge in [-0.2, -0.15) is 0 Å². The first-order chi connectivity index (χ1) is 15.9. The van der Waals surface area contributed by atoms with E-state index in [0.717, 1.165) is 57.4 Å². The Labute approximate surface area is 199 Å². The molecule has 1 atom stereocenters. The second-order valence-electron chi connectivity index (χ2n) is 9.76. The fourth-order valence-electron chi connectivity index (χ4n) is 5.41. The molecule has 4 heterocycles. The molecule has 0 radical (unpaired) electrons. The summed E-state index contributed by atoms with van der Waals surface area (Å²) in [6, 6.07) is 9.18. The van der Waals surface area contributed by atoms with E-state index in [-0.39, 0.29) is 5.82 Å². The van der Waals surface area contributed by atoms with E-state index < -0.39 is 10.5 Å². The minimum atomic E-state index is -0.478. The predicted molar refractivity (Wildman–Crippen MR) is 126 cm³/mol. The zero-order valence-corrected chi connectivity index (χ0v) is 19.8. The van der Waals surface area contributed by atoms with Crippen LogP contribution in [0.2, 0.25) is 5.02 Å². The molecule has 2 fully saturated rings. The van der Waals surface area contributed by atoms with Gasteiger partial charge in [0.2, 0.25) is 0 Å². The van der Waals surface area contributed by atoms with Crippen LogP contribution in [0.3, 0.4) is 0 Å². The quantitative estimate of drug-likeness (QED) is 0.470. The van der Waals surface area contributed by atoms with Gasteiger partial charge in [-0.3, -0.25) is 19.3 Å². The van der Waals surface area contributed by atoms with Crippen LogP contribution in [0, 0.1) is 10.1 Å².